The van der Waals surface area contributed by atoms with Gasteiger partial charge in [0.1, 0.15) is 5.60 Å². The van der Waals surface area contributed by atoms with Crippen LogP contribution in [-0.2, 0) is 16.9 Å². The van der Waals surface area contributed by atoms with Crippen LogP contribution in [-0.4, -0.2) is 43.6 Å². The van der Waals surface area contributed by atoms with Gasteiger partial charge in [0.2, 0.25) is 0 Å². The first-order valence-electron chi connectivity index (χ1n) is 8.98. The molecule has 6 heteroatoms. The van der Waals surface area contributed by atoms with Gasteiger partial charge in [-0.1, -0.05) is 6.92 Å². The molecule has 2 aliphatic heterocycles. The lowest BCUT2D eigenvalue weighted by Gasteiger charge is -2.43. The molecule has 24 heavy (non-hydrogen) atoms. The number of ether oxygens (including phenoxy) is 1. The number of nitrogens with zero attached hydrogens (tertiary/aromatic N) is 3. The number of aliphatic hydroxyl groups is 1. The summed E-state index contributed by atoms with van der Waals surface area (Å²) in [7, 11) is 0. The van der Waals surface area contributed by atoms with Crippen molar-refractivity contribution in [2.45, 2.75) is 89.6 Å². The summed E-state index contributed by atoms with van der Waals surface area (Å²) in [6.07, 6.45) is 7.45. The number of aryl methyl sites for hydroxylation is 1. The average molecular weight is 335 g/mol. The quantitative estimate of drug-likeness (QED) is 0.922. The highest BCUT2D eigenvalue weighted by Crippen LogP contribution is 2.46. The molecule has 134 valence electrons. The number of hydrogen-bond acceptors (Lipinski definition) is 4. The first-order chi connectivity index (χ1) is 11.2. The normalized spacial score (nSPS) is 29.8. The molecule has 0 saturated carbocycles. The fourth-order valence-electron chi connectivity index (χ4n) is 4.03. The maximum absolute atomic E-state index is 12.5. The Morgan fingerprint density at radius 2 is 2.00 bits per heavy atom. The largest absolute Gasteiger partial charge is 0.444 e. The van der Waals surface area contributed by atoms with E-state index in [9.17, 15) is 9.90 Å². The molecule has 2 atom stereocenters. The number of aromatic nitrogens is 2. The molecule has 0 aliphatic carbocycles. The van der Waals surface area contributed by atoms with Crippen molar-refractivity contribution < 1.29 is 14.6 Å². The van der Waals surface area contributed by atoms with Gasteiger partial charge in [-0.2, -0.15) is 5.10 Å². The molecule has 3 heterocycles. The van der Waals surface area contributed by atoms with E-state index in [4.69, 9.17) is 4.74 Å². The van der Waals surface area contributed by atoms with E-state index in [1.807, 2.05) is 36.5 Å². The topological polar surface area (TPSA) is 67.6 Å². The SMILES string of the molecule is CCCn1cc(C2(O)CC3CCC(C2)N3C(=O)OC(C)(C)C)cn1. The predicted octanol–water partition coefficient (Wildman–Crippen LogP) is 3.04. The number of rotatable bonds is 3. The van der Waals surface area contributed by atoms with Gasteiger partial charge in [-0.25, -0.2) is 4.79 Å². The fourth-order valence-corrected chi connectivity index (χ4v) is 4.03. The third kappa shape index (κ3) is 3.29. The van der Waals surface area contributed by atoms with Crippen molar-refractivity contribution in [3.05, 3.63) is 18.0 Å². The van der Waals surface area contributed by atoms with E-state index in [0.717, 1.165) is 31.4 Å². The lowest BCUT2D eigenvalue weighted by molar-refractivity contribution is -0.0624. The lowest BCUT2D eigenvalue weighted by atomic mass is 9.82. The Hall–Kier alpha value is -1.56. The molecule has 0 radical (unpaired) electrons. The number of piperidine rings is 1. The molecule has 3 rings (SSSR count). The maximum atomic E-state index is 12.5. The Bertz CT molecular complexity index is 591. The highest BCUT2D eigenvalue weighted by Gasteiger charge is 2.51. The van der Waals surface area contributed by atoms with Gasteiger partial charge in [0.15, 0.2) is 0 Å². The smallest absolute Gasteiger partial charge is 0.410 e. The van der Waals surface area contributed by atoms with Crippen molar-refractivity contribution in [2.75, 3.05) is 0 Å². The Morgan fingerprint density at radius 1 is 1.38 bits per heavy atom. The van der Waals surface area contributed by atoms with E-state index in [1.54, 1.807) is 6.20 Å². The minimum Gasteiger partial charge on any atom is -0.444 e. The van der Waals surface area contributed by atoms with Crippen LogP contribution in [0.1, 0.15) is 65.4 Å². The van der Waals surface area contributed by atoms with E-state index in [2.05, 4.69) is 12.0 Å². The third-order valence-electron chi connectivity index (χ3n) is 4.99. The second-order valence-corrected chi connectivity index (χ2v) is 8.20. The Balaban J connectivity index is 1.75. The van der Waals surface area contributed by atoms with Crippen LogP contribution < -0.4 is 0 Å². The van der Waals surface area contributed by atoms with Crippen LogP contribution in [0.25, 0.3) is 0 Å². The maximum Gasteiger partial charge on any atom is 0.410 e. The number of amides is 1. The van der Waals surface area contributed by atoms with Crippen LogP contribution in [0.15, 0.2) is 12.4 Å². The van der Waals surface area contributed by atoms with Crippen molar-refractivity contribution >= 4 is 6.09 Å². The van der Waals surface area contributed by atoms with Gasteiger partial charge in [0.05, 0.1) is 11.8 Å². The zero-order valence-corrected chi connectivity index (χ0v) is 15.2. The first-order valence-corrected chi connectivity index (χ1v) is 8.98. The third-order valence-corrected chi connectivity index (χ3v) is 4.99. The molecule has 2 saturated heterocycles. The molecule has 1 N–H and O–H groups in total. The molecular weight excluding hydrogens is 306 g/mol. The lowest BCUT2D eigenvalue weighted by Crippen LogP contribution is -2.53. The molecule has 2 fully saturated rings. The van der Waals surface area contributed by atoms with Crippen LogP contribution in [0.3, 0.4) is 0 Å². The van der Waals surface area contributed by atoms with Gasteiger partial charge in [0, 0.05) is 43.2 Å². The molecule has 0 spiro atoms. The zero-order valence-electron chi connectivity index (χ0n) is 15.2. The second kappa shape index (κ2) is 6.06. The van der Waals surface area contributed by atoms with Crippen molar-refractivity contribution in [1.29, 1.82) is 0 Å². The summed E-state index contributed by atoms with van der Waals surface area (Å²) >= 11 is 0. The molecule has 1 aromatic heterocycles. The standard InChI is InChI=1S/C18H29N3O3/c1-5-8-20-12-13(11-19-20)18(23)9-14-6-7-15(10-18)21(14)16(22)24-17(2,3)4/h11-12,14-15,23H,5-10H2,1-4H3. The predicted molar refractivity (Wildman–Crippen MR) is 90.5 cm³/mol. The molecule has 2 unspecified atom stereocenters. The van der Waals surface area contributed by atoms with Crippen molar-refractivity contribution in [1.82, 2.24) is 14.7 Å². The molecule has 2 bridgehead atoms. The molecular formula is C18H29N3O3. The molecule has 6 nitrogen and oxygen atoms in total. The zero-order chi connectivity index (χ0) is 17.5. The van der Waals surface area contributed by atoms with Gasteiger partial charge in [0.25, 0.3) is 0 Å². The van der Waals surface area contributed by atoms with E-state index < -0.39 is 11.2 Å². The number of fused-ring (bicyclic) bond motifs is 2. The first kappa shape index (κ1) is 17.3. The Labute approximate surface area is 143 Å². The van der Waals surface area contributed by atoms with Gasteiger partial charge in [-0.3, -0.25) is 4.68 Å². The summed E-state index contributed by atoms with van der Waals surface area (Å²) in [5.74, 6) is 0. The number of hydrogen-bond donors (Lipinski definition) is 1. The second-order valence-electron chi connectivity index (χ2n) is 8.20. The summed E-state index contributed by atoms with van der Waals surface area (Å²) in [4.78, 5) is 14.4. The van der Waals surface area contributed by atoms with E-state index in [1.165, 1.54) is 0 Å². The highest BCUT2D eigenvalue weighted by atomic mass is 16.6. The van der Waals surface area contributed by atoms with Crippen molar-refractivity contribution in [3.8, 4) is 0 Å². The van der Waals surface area contributed by atoms with Crippen LogP contribution in [0.2, 0.25) is 0 Å². The molecule has 1 amide bonds. The summed E-state index contributed by atoms with van der Waals surface area (Å²) < 4.78 is 7.44. The molecule has 2 aliphatic rings. The Kier molecular flexibility index (Phi) is 4.36. The summed E-state index contributed by atoms with van der Waals surface area (Å²) in [5, 5.41) is 15.6. The van der Waals surface area contributed by atoms with Gasteiger partial charge >= 0.3 is 6.09 Å². The van der Waals surface area contributed by atoms with Crippen molar-refractivity contribution in [3.63, 3.8) is 0 Å². The van der Waals surface area contributed by atoms with Gasteiger partial charge in [-0.15, -0.1) is 0 Å². The van der Waals surface area contributed by atoms with Gasteiger partial charge in [-0.05, 0) is 40.0 Å². The van der Waals surface area contributed by atoms with Crippen LogP contribution >= 0.6 is 0 Å². The number of carbonyl (C=O) groups excluding carboxylic acids is 1. The number of carbonyl (C=O) groups is 1. The summed E-state index contributed by atoms with van der Waals surface area (Å²) in [6.45, 7) is 8.61. The van der Waals surface area contributed by atoms with Crippen molar-refractivity contribution in [2.24, 2.45) is 0 Å². The van der Waals surface area contributed by atoms with Gasteiger partial charge < -0.3 is 14.7 Å². The monoisotopic (exact) mass is 335 g/mol. The van der Waals surface area contributed by atoms with E-state index >= 15 is 0 Å². The van der Waals surface area contributed by atoms with Crippen LogP contribution in [0.5, 0.6) is 0 Å². The summed E-state index contributed by atoms with van der Waals surface area (Å²) in [5.41, 5.74) is -0.515. The minimum absolute atomic E-state index is 0.0399. The molecule has 0 aromatic carbocycles. The fraction of sp³-hybridized carbons (Fsp3) is 0.778. The van der Waals surface area contributed by atoms with Crippen LogP contribution in [0, 0.1) is 0 Å². The molecule has 1 aromatic rings. The Morgan fingerprint density at radius 3 is 2.54 bits per heavy atom. The minimum atomic E-state index is -0.893. The van der Waals surface area contributed by atoms with Crippen LogP contribution in [0.4, 0.5) is 4.79 Å². The summed E-state index contributed by atoms with van der Waals surface area (Å²) in [6, 6.07) is 0.0799. The average Bonchev–Trinajstić information content (AvgIpc) is 3.02. The van der Waals surface area contributed by atoms with E-state index in [-0.39, 0.29) is 18.2 Å². The highest BCUT2D eigenvalue weighted by molar-refractivity contribution is 5.69. The van der Waals surface area contributed by atoms with E-state index in [0.29, 0.717) is 12.8 Å².